The molecule has 0 aliphatic heterocycles. The molecule has 2 aromatic carbocycles. The van der Waals surface area contributed by atoms with Gasteiger partial charge < -0.3 is 15.0 Å². The summed E-state index contributed by atoms with van der Waals surface area (Å²) >= 11 is 0. The number of para-hydroxylation sites is 2. The summed E-state index contributed by atoms with van der Waals surface area (Å²) in [5, 5.41) is 9.48. The number of nitrogens with one attached hydrogen (secondary N) is 3. The molecule has 0 spiro atoms. The Hall–Kier alpha value is -3.68. The summed E-state index contributed by atoms with van der Waals surface area (Å²) in [7, 11) is 0. The third-order valence-electron chi connectivity index (χ3n) is 4.26. The van der Waals surface area contributed by atoms with Crippen molar-refractivity contribution in [3.05, 3.63) is 77.1 Å². The number of aryl methyl sites for hydroxylation is 1. The van der Waals surface area contributed by atoms with Crippen molar-refractivity contribution in [3.8, 4) is 5.75 Å². The Morgan fingerprint density at radius 3 is 2.89 bits per heavy atom. The van der Waals surface area contributed by atoms with E-state index in [1.807, 2.05) is 25.1 Å². The predicted octanol–water partition coefficient (Wildman–Crippen LogP) is 3.24. The highest BCUT2D eigenvalue weighted by Gasteiger charge is 2.12. The van der Waals surface area contributed by atoms with Gasteiger partial charge in [0.25, 0.3) is 5.91 Å². The van der Waals surface area contributed by atoms with Crippen LogP contribution >= 0.6 is 0 Å². The van der Waals surface area contributed by atoms with Crippen LogP contribution in [0.3, 0.4) is 0 Å². The first kappa shape index (κ1) is 17.7. The van der Waals surface area contributed by atoms with Gasteiger partial charge in [0.05, 0.1) is 23.3 Å². The van der Waals surface area contributed by atoms with E-state index < -0.39 is 5.82 Å². The number of carbonyl (C=O) groups is 1. The minimum Gasteiger partial charge on any atom is -0.484 e. The fourth-order valence-electron chi connectivity index (χ4n) is 2.83. The SMILES string of the molecule is Cc1cccc2[nH]c(CNC(=O)c3cc(COc4ccccc4F)[nH]n3)nc12. The first-order chi connectivity index (χ1) is 13.6. The number of carbonyl (C=O) groups excluding carboxylic acids is 1. The summed E-state index contributed by atoms with van der Waals surface area (Å²) in [5.74, 6) is 0.0196. The van der Waals surface area contributed by atoms with Gasteiger partial charge in [-0.2, -0.15) is 5.10 Å². The monoisotopic (exact) mass is 379 g/mol. The van der Waals surface area contributed by atoms with Gasteiger partial charge in [-0.05, 0) is 36.8 Å². The summed E-state index contributed by atoms with van der Waals surface area (Å²) in [4.78, 5) is 20.0. The summed E-state index contributed by atoms with van der Waals surface area (Å²) < 4.78 is 19.0. The Bertz CT molecular complexity index is 1130. The maximum Gasteiger partial charge on any atom is 0.272 e. The molecule has 8 heteroatoms. The molecule has 4 rings (SSSR count). The van der Waals surface area contributed by atoms with Crippen molar-refractivity contribution in [2.75, 3.05) is 0 Å². The Labute approximate surface area is 160 Å². The van der Waals surface area contributed by atoms with Gasteiger partial charge in [-0.3, -0.25) is 9.89 Å². The number of ether oxygens (including phenoxy) is 1. The largest absolute Gasteiger partial charge is 0.484 e. The lowest BCUT2D eigenvalue weighted by molar-refractivity contribution is 0.0945. The molecule has 28 heavy (non-hydrogen) atoms. The van der Waals surface area contributed by atoms with E-state index in [0.29, 0.717) is 11.5 Å². The molecule has 0 unspecified atom stereocenters. The first-order valence-electron chi connectivity index (χ1n) is 8.74. The molecule has 0 aliphatic rings. The molecule has 4 aromatic rings. The number of aromatic amines is 2. The number of hydrogen-bond acceptors (Lipinski definition) is 4. The van der Waals surface area contributed by atoms with Crippen LogP contribution < -0.4 is 10.1 Å². The van der Waals surface area contributed by atoms with Crippen LogP contribution in [0.1, 0.15) is 27.6 Å². The minimum absolute atomic E-state index is 0.0735. The van der Waals surface area contributed by atoms with Crippen molar-refractivity contribution >= 4 is 16.9 Å². The third kappa shape index (κ3) is 3.71. The van der Waals surface area contributed by atoms with Crippen molar-refractivity contribution < 1.29 is 13.9 Å². The minimum atomic E-state index is -0.443. The van der Waals surface area contributed by atoms with Gasteiger partial charge in [-0.25, -0.2) is 9.37 Å². The number of fused-ring (bicyclic) bond motifs is 1. The van der Waals surface area contributed by atoms with Gasteiger partial charge >= 0.3 is 0 Å². The van der Waals surface area contributed by atoms with E-state index in [2.05, 4.69) is 25.5 Å². The molecule has 0 atom stereocenters. The zero-order valence-electron chi connectivity index (χ0n) is 15.1. The lowest BCUT2D eigenvalue weighted by Gasteiger charge is -2.04. The van der Waals surface area contributed by atoms with E-state index in [-0.39, 0.29) is 30.5 Å². The second-order valence-corrected chi connectivity index (χ2v) is 6.33. The number of imidazole rings is 1. The van der Waals surface area contributed by atoms with Crippen molar-refractivity contribution in [3.63, 3.8) is 0 Å². The number of aromatic nitrogens is 4. The van der Waals surface area contributed by atoms with Crippen molar-refractivity contribution in [2.24, 2.45) is 0 Å². The van der Waals surface area contributed by atoms with Crippen molar-refractivity contribution in [1.29, 1.82) is 0 Å². The Morgan fingerprint density at radius 1 is 1.21 bits per heavy atom. The molecule has 3 N–H and O–H groups in total. The van der Waals surface area contributed by atoms with Gasteiger partial charge in [-0.1, -0.05) is 24.3 Å². The van der Waals surface area contributed by atoms with E-state index >= 15 is 0 Å². The van der Waals surface area contributed by atoms with Crippen LogP contribution in [0, 0.1) is 12.7 Å². The molecule has 0 radical (unpaired) electrons. The summed E-state index contributed by atoms with van der Waals surface area (Å²) in [6, 6.07) is 13.6. The van der Waals surface area contributed by atoms with Gasteiger partial charge in [0, 0.05) is 0 Å². The molecule has 0 aliphatic carbocycles. The second-order valence-electron chi connectivity index (χ2n) is 6.33. The van der Waals surface area contributed by atoms with Gasteiger partial charge in [-0.15, -0.1) is 0 Å². The van der Waals surface area contributed by atoms with Crippen LogP contribution in [-0.2, 0) is 13.2 Å². The van der Waals surface area contributed by atoms with Crippen LogP contribution in [0.4, 0.5) is 4.39 Å². The van der Waals surface area contributed by atoms with E-state index in [4.69, 9.17) is 4.74 Å². The van der Waals surface area contributed by atoms with Gasteiger partial charge in [0.1, 0.15) is 18.1 Å². The molecule has 7 nitrogen and oxygen atoms in total. The number of benzene rings is 2. The lowest BCUT2D eigenvalue weighted by atomic mass is 10.2. The maximum absolute atomic E-state index is 13.6. The van der Waals surface area contributed by atoms with E-state index in [1.54, 1.807) is 18.2 Å². The standard InChI is InChI=1S/C20H18FN5O2/c1-12-5-4-7-15-19(12)24-18(23-15)10-22-20(27)16-9-13(25-26-16)11-28-17-8-3-2-6-14(17)21/h2-9H,10-11H2,1H3,(H,22,27)(H,23,24)(H,25,26). The normalized spacial score (nSPS) is 10.9. The Balaban J connectivity index is 1.36. The number of nitrogens with zero attached hydrogens (tertiary/aromatic N) is 2. The summed E-state index contributed by atoms with van der Waals surface area (Å²) in [6.07, 6.45) is 0. The highest BCUT2D eigenvalue weighted by molar-refractivity contribution is 5.92. The average molecular weight is 379 g/mol. The van der Waals surface area contributed by atoms with Crippen molar-refractivity contribution in [1.82, 2.24) is 25.5 Å². The molecule has 0 fully saturated rings. The molecule has 1 amide bonds. The second kappa shape index (κ2) is 7.51. The number of amides is 1. The Kier molecular flexibility index (Phi) is 4.76. The third-order valence-corrected chi connectivity index (χ3v) is 4.26. The zero-order valence-corrected chi connectivity index (χ0v) is 15.1. The number of hydrogen-bond donors (Lipinski definition) is 3. The summed E-state index contributed by atoms with van der Waals surface area (Å²) in [6.45, 7) is 2.31. The number of H-pyrrole nitrogens is 2. The van der Waals surface area contributed by atoms with Crippen LogP contribution in [-0.4, -0.2) is 26.1 Å². The molecule has 2 heterocycles. The van der Waals surface area contributed by atoms with Crippen molar-refractivity contribution in [2.45, 2.75) is 20.1 Å². The smallest absolute Gasteiger partial charge is 0.272 e. The van der Waals surface area contributed by atoms with Gasteiger partial charge in [0.15, 0.2) is 11.6 Å². The molecule has 0 saturated carbocycles. The van der Waals surface area contributed by atoms with Crippen LogP contribution in [0.2, 0.25) is 0 Å². The zero-order chi connectivity index (χ0) is 19.5. The van der Waals surface area contributed by atoms with Crippen LogP contribution in [0.5, 0.6) is 5.75 Å². The number of halogens is 1. The predicted molar refractivity (Wildman–Crippen MR) is 101 cm³/mol. The Morgan fingerprint density at radius 2 is 2.07 bits per heavy atom. The highest BCUT2D eigenvalue weighted by Crippen LogP contribution is 2.17. The molecule has 0 bridgehead atoms. The quantitative estimate of drug-likeness (QED) is 0.479. The molecule has 0 saturated heterocycles. The lowest BCUT2D eigenvalue weighted by Crippen LogP contribution is -2.23. The molecular formula is C20H18FN5O2. The van der Waals surface area contributed by atoms with E-state index in [0.717, 1.165) is 16.6 Å². The first-order valence-corrected chi connectivity index (χ1v) is 8.74. The van der Waals surface area contributed by atoms with E-state index in [9.17, 15) is 9.18 Å². The summed E-state index contributed by atoms with van der Waals surface area (Å²) in [5.41, 5.74) is 3.67. The highest BCUT2D eigenvalue weighted by atomic mass is 19.1. The molecule has 2 aromatic heterocycles. The average Bonchev–Trinajstić information content (AvgIpc) is 3.33. The molecule has 142 valence electrons. The van der Waals surface area contributed by atoms with E-state index in [1.165, 1.54) is 12.1 Å². The van der Waals surface area contributed by atoms with Gasteiger partial charge in [0.2, 0.25) is 0 Å². The topological polar surface area (TPSA) is 95.7 Å². The van der Waals surface area contributed by atoms with Crippen LogP contribution in [0.25, 0.3) is 11.0 Å². The fourth-order valence-corrected chi connectivity index (χ4v) is 2.83. The molecular weight excluding hydrogens is 361 g/mol. The fraction of sp³-hybridized carbons (Fsp3) is 0.150. The number of rotatable bonds is 6. The maximum atomic E-state index is 13.6. The van der Waals surface area contributed by atoms with Crippen LogP contribution in [0.15, 0.2) is 48.5 Å².